The van der Waals surface area contributed by atoms with Crippen molar-refractivity contribution in [2.75, 3.05) is 0 Å². The second-order valence-corrected chi connectivity index (χ2v) is 7.47. The molecule has 2 rings (SSSR count). The molecular weight excluding hydrogens is 310 g/mol. The number of rotatable bonds is 2. The molecule has 0 aliphatic carbocycles. The maximum Gasteiger partial charge on any atom is 0.153 e. The van der Waals surface area contributed by atoms with Crippen molar-refractivity contribution in [1.29, 1.82) is 0 Å². The number of hydrogen-bond acceptors (Lipinski definition) is 1. The van der Waals surface area contributed by atoms with Gasteiger partial charge in [-0.05, 0) is 35.1 Å². The first-order valence-electron chi connectivity index (χ1n) is 6.33. The molecule has 0 saturated carbocycles. The molecule has 3 heteroatoms. The molecule has 0 amide bonds. The van der Waals surface area contributed by atoms with Crippen LogP contribution in [0.15, 0.2) is 12.7 Å². The molecule has 2 unspecified atom stereocenters. The van der Waals surface area contributed by atoms with Gasteiger partial charge >= 0.3 is 0 Å². The first-order chi connectivity index (χ1) is 7.60. The van der Waals surface area contributed by atoms with Crippen LogP contribution in [0.4, 0.5) is 0 Å². The summed E-state index contributed by atoms with van der Waals surface area (Å²) in [5.74, 6) is 0.259. The van der Waals surface area contributed by atoms with Gasteiger partial charge in [-0.3, -0.25) is 4.79 Å². The van der Waals surface area contributed by atoms with E-state index in [2.05, 4.69) is 36.4 Å². The first kappa shape index (κ1) is 12.7. The van der Waals surface area contributed by atoms with Gasteiger partial charge in [-0.1, -0.05) is 54.9 Å². The topological polar surface area (TPSA) is 17.1 Å². The molecule has 0 N–H and O–H groups in total. The third-order valence-electron chi connectivity index (χ3n) is 4.14. The van der Waals surface area contributed by atoms with Crippen molar-refractivity contribution in [2.45, 2.75) is 60.0 Å². The van der Waals surface area contributed by atoms with Crippen LogP contribution in [-0.2, 0) is 4.79 Å². The molecule has 0 aromatic heterocycles. The molecule has 2 fully saturated rings. The van der Waals surface area contributed by atoms with Gasteiger partial charge in [-0.15, -0.1) is 0 Å². The van der Waals surface area contributed by atoms with Crippen molar-refractivity contribution in [1.82, 2.24) is 0 Å². The van der Waals surface area contributed by atoms with Crippen LogP contribution in [0.25, 0.3) is 0 Å². The largest absolute Gasteiger partial charge is 0.295 e. The van der Waals surface area contributed by atoms with E-state index in [1.54, 1.807) is 6.08 Å². The van der Waals surface area contributed by atoms with Crippen LogP contribution < -0.4 is 0 Å². The number of allylic oxidation sites excluding steroid dienone is 1. The van der Waals surface area contributed by atoms with Crippen LogP contribution in [0, 0.1) is 0 Å². The molecule has 1 nitrogen and oxygen atoms in total. The highest BCUT2D eigenvalue weighted by Gasteiger charge is 2.47. The molecule has 2 aliphatic rings. The van der Waals surface area contributed by atoms with Crippen LogP contribution in [0.5, 0.6) is 0 Å². The summed E-state index contributed by atoms with van der Waals surface area (Å²) in [6.45, 7) is 3.68. The summed E-state index contributed by atoms with van der Waals surface area (Å²) in [6, 6.07) is 0. The van der Waals surface area contributed by atoms with E-state index in [0.29, 0.717) is 0 Å². The van der Waals surface area contributed by atoms with E-state index in [1.165, 1.54) is 38.5 Å². The lowest BCUT2D eigenvalue weighted by atomic mass is 9.36. The Morgan fingerprint density at radius 2 is 1.75 bits per heavy atom. The minimum absolute atomic E-state index is 0.165. The Balaban J connectivity index is 2.26. The van der Waals surface area contributed by atoms with Crippen molar-refractivity contribution >= 4 is 35.7 Å². The number of halogens is 1. The zero-order valence-corrected chi connectivity index (χ0v) is 12.0. The molecule has 2 heterocycles. The van der Waals surface area contributed by atoms with Crippen LogP contribution in [0.1, 0.15) is 51.4 Å². The first-order valence-corrected chi connectivity index (χ1v) is 7.41. The van der Waals surface area contributed by atoms with Crippen molar-refractivity contribution in [3.63, 3.8) is 0 Å². The highest BCUT2D eigenvalue weighted by atomic mass is 127. The Morgan fingerprint density at radius 1 is 1.12 bits per heavy atom. The van der Waals surface area contributed by atoms with E-state index in [0.717, 1.165) is 12.8 Å². The van der Waals surface area contributed by atoms with E-state index < -0.39 is 0 Å². The molecule has 0 aromatic carbocycles. The normalized spacial score (nSPS) is 39.1. The van der Waals surface area contributed by atoms with Gasteiger partial charge in [0.2, 0.25) is 0 Å². The number of carbonyl (C=O) groups is 1. The lowest BCUT2D eigenvalue weighted by molar-refractivity contribution is -0.118. The maximum absolute atomic E-state index is 12.2. The minimum atomic E-state index is -0.165. The molecular formula is C13H19BIO. The molecule has 2 saturated heterocycles. The molecule has 2 bridgehead atoms. The number of carbonyl (C=O) groups excluding carboxylic acids is 1. The van der Waals surface area contributed by atoms with Gasteiger partial charge in [0.25, 0.3) is 0 Å². The average Bonchev–Trinajstić information content (AvgIpc) is 2.26. The molecule has 2 aliphatic heterocycles. The van der Waals surface area contributed by atoms with E-state index in [9.17, 15) is 4.79 Å². The van der Waals surface area contributed by atoms with Crippen molar-refractivity contribution < 1.29 is 4.79 Å². The Kier molecular flexibility index (Phi) is 3.82. The molecule has 87 valence electrons. The Hall–Kier alpha value is 0.205. The fraction of sp³-hybridized carbons (Fsp3) is 0.769. The van der Waals surface area contributed by atoms with E-state index in [4.69, 9.17) is 0 Å². The van der Waals surface area contributed by atoms with E-state index >= 15 is 0 Å². The quantitative estimate of drug-likeness (QED) is 0.325. The third kappa shape index (κ3) is 2.39. The van der Waals surface area contributed by atoms with Crippen LogP contribution in [0.3, 0.4) is 0 Å². The van der Waals surface area contributed by atoms with Crippen LogP contribution in [-0.4, -0.2) is 16.4 Å². The van der Waals surface area contributed by atoms with Crippen LogP contribution in [0.2, 0.25) is 5.31 Å². The zero-order chi connectivity index (χ0) is 11.6. The Bertz CT molecular complexity index is 304. The monoisotopic (exact) mass is 329 g/mol. The highest BCUT2D eigenvalue weighted by Crippen LogP contribution is 2.52. The lowest BCUT2D eigenvalue weighted by Gasteiger charge is -2.45. The van der Waals surface area contributed by atoms with Gasteiger partial charge in [-0.25, -0.2) is 0 Å². The van der Waals surface area contributed by atoms with Gasteiger partial charge in [0.1, 0.15) is 7.28 Å². The summed E-state index contributed by atoms with van der Waals surface area (Å²) in [4.78, 5) is 12.2. The van der Waals surface area contributed by atoms with Crippen molar-refractivity contribution in [3.05, 3.63) is 12.7 Å². The van der Waals surface area contributed by atoms with E-state index in [-0.39, 0.29) is 14.4 Å². The lowest BCUT2D eigenvalue weighted by Crippen LogP contribution is -2.46. The third-order valence-corrected chi connectivity index (χ3v) is 5.53. The number of ketones is 1. The van der Waals surface area contributed by atoms with E-state index in [1.807, 2.05) is 0 Å². The smallest absolute Gasteiger partial charge is 0.153 e. The van der Waals surface area contributed by atoms with Crippen LogP contribution >= 0.6 is 22.6 Å². The Labute approximate surface area is 113 Å². The predicted molar refractivity (Wildman–Crippen MR) is 77.3 cm³/mol. The number of hydrogen-bond donors (Lipinski definition) is 0. The standard InChI is InChI=1S/C13H19BIO/c1-2-11(16)12-7-4-3-5-9-13(15,14-12)10-6-8-12/h2H,1,3-10H2. The van der Waals surface area contributed by atoms with Gasteiger partial charge < -0.3 is 0 Å². The maximum atomic E-state index is 12.2. The molecule has 1 radical (unpaired) electrons. The fourth-order valence-corrected chi connectivity index (χ4v) is 4.65. The predicted octanol–water partition coefficient (Wildman–Crippen LogP) is 3.88. The summed E-state index contributed by atoms with van der Waals surface area (Å²) < 4.78 is 0.273. The van der Waals surface area contributed by atoms with Gasteiger partial charge in [0.15, 0.2) is 5.78 Å². The SMILES string of the molecule is C=CC(=O)C12[B]C(I)(CCCCC1)CCC2. The molecule has 0 aromatic rings. The highest BCUT2D eigenvalue weighted by molar-refractivity contribution is 14.1. The van der Waals surface area contributed by atoms with Crippen molar-refractivity contribution in [3.8, 4) is 0 Å². The Morgan fingerprint density at radius 3 is 2.50 bits per heavy atom. The van der Waals surface area contributed by atoms with Gasteiger partial charge in [-0.2, -0.15) is 0 Å². The zero-order valence-electron chi connectivity index (χ0n) is 9.80. The summed E-state index contributed by atoms with van der Waals surface area (Å²) in [7, 11) is 2.38. The van der Waals surface area contributed by atoms with Gasteiger partial charge in [0.05, 0.1) is 0 Å². The number of alkyl halides is 1. The number of fused-ring (bicyclic) bond motifs is 2. The average molecular weight is 329 g/mol. The molecule has 2 atom stereocenters. The summed E-state index contributed by atoms with van der Waals surface area (Å²) in [6.07, 6.45) is 11.1. The van der Waals surface area contributed by atoms with Crippen molar-refractivity contribution in [2.24, 2.45) is 0 Å². The second kappa shape index (κ2) is 4.83. The fourth-order valence-electron chi connectivity index (χ4n) is 3.29. The summed E-state index contributed by atoms with van der Waals surface area (Å²) in [5, 5.41) is -0.165. The van der Waals surface area contributed by atoms with Gasteiger partial charge in [0, 0.05) is 5.31 Å². The summed E-state index contributed by atoms with van der Waals surface area (Å²) in [5.41, 5.74) is 0. The minimum Gasteiger partial charge on any atom is -0.295 e. The summed E-state index contributed by atoms with van der Waals surface area (Å²) >= 11 is 2.58. The molecule has 0 spiro atoms. The molecule has 16 heavy (non-hydrogen) atoms. The second-order valence-electron chi connectivity index (χ2n) is 5.32.